The third-order valence-corrected chi connectivity index (χ3v) is 5.43. The Morgan fingerprint density at radius 3 is 2.61 bits per heavy atom. The van der Waals surface area contributed by atoms with Gasteiger partial charge >= 0.3 is 0 Å². The predicted molar refractivity (Wildman–Crippen MR) is 96.6 cm³/mol. The molecule has 1 aromatic carbocycles. The van der Waals surface area contributed by atoms with Crippen molar-refractivity contribution in [3.63, 3.8) is 0 Å². The lowest BCUT2D eigenvalue weighted by atomic mass is 10.2. The number of halogens is 2. The van der Waals surface area contributed by atoms with Crippen molar-refractivity contribution >= 4 is 52.1 Å². The fourth-order valence-electron chi connectivity index (χ4n) is 1.90. The van der Waals surface area contributed by atoms with Crippen molar-refractivity contribution in [2.24, 2.45) is 0 Å². The largest absolute Gasteiger partial charge is 0.299 e. The van der Waals surface area contributed by atoms with E-state index < -0.39 is 0 Å². The first-order valence-electron chi connectivity index (χ1n) is 6.62. The maximum Gasteiger partial charge on any atom is 0.209 e. The zero-order chi connectivity index (χ0) is 16.4. The van der Waals surface area contributed by atoms with Gasteiger partial charge in [0.2, 0.25) is 5.16 Å². The first-order chi connectivity index (χ1) is 11.0. The number of hydrogen-bond acceptors (Lipinski definition) is 5. The molecule has 0 bridgehead atoms. The Morgan fingerprint density at radius 1 is 1.22 bits per heavy atom. The van der Waals surface area contributed by atoms with Crippen LogP contribution in [0.25, 0.3) is 21.1 Å². The van der Waals surface area contributed by atoms with Crippen LogP contribution < -0.4 is 0 Å². The van der Waals surface area contributed by atoms with Gasteiger partial charge < -0.3 is 0 Å². The molecule has 0 amide bonds. The number of nitrogens with zero attached hydrogens (tertiary/aromatic N) is 2. The molecule has 118 valence electrons. The van der Waals surface area contributed by atoms with Crippen LogP contribution in [0.5, 0.6) is 0 Å². The standard InChI is InChI=1S/C15H11Cl2N3OS2/c1-8(21)7-22-15-18-14(19-20-15)13-3-2-12(23-13)9-4-10(16)6-11(17)5-9/h2-6H,7H2,1H3,(H,18,19,20). The summed E-state index contributed by atoms with van der Waals surface area (Å²) in [5.41, 5.74) is 0.962. The highest BCUT2D eigenvalue weighted by Gasteiger charge is 2.11. The molecule has 3 rings (SSSR count). The lowest BCUT2D eigenvalue weighted by Gasteiger charge is -1.99. The zero-order valence-corrected chi connectivity index (χ0v) is 15.1. The molecule has 0 fully saturated rings. The molecule has 0 radical (unpaired) electrons. The Labute approximate surface area is 151 Å². The summed E-state index contributed by atoms with van der Waals surface area (Å²) in [5.74, 6) is 1.14. The lowest BCUT2D eigenvalue weighted by molar-refractivity contribution is -0.114. The van der Waals surface area contributed by atoms with Crippen LogP contribution in [-0.2, 0) is 4.79 Å². The SMILES string of the molecule is CC(=O)CSc1n[nH]c(-c2ccc(-c3cc(Cl)cc(Cl)c3)s2)n1. The second-order valence-corrected chi connectivity index (χ2v) is 7.68. The maximum atomic E-state index is 11.0. The monoisotopic (exact) mass is 383 g/mol. The van der Waals surface area contributed by atoms with Crippen LogP contribution >= 0.6 is 46.3 Å². The van der Waals surface area contributed by atoms with Crippen molar-refractivity contribution < 1.29 is 4.79 Å². The summed E-state index contributed by atoms with van der Waals surface area (Å²) in [5, 5.41) is 8.78. The van der Waals surface area contributed by atoms with Crippen LogP contribution in [0.15, 0.2) is 35.5 Å². The number of aromatic amines is 1. The Kier molecular flexibility index (Phi) is 5.06. The zero-order valence-electron chi connectivity index (χ0n) is 12.0. The van der Waals surface area contributed by atoms with Gasteiger partial charge in [-0.05, 0) is 42.8 Å². The molecule has 23 heavy (non-hydrogen) atoms. The highest BCUT2D eigenvalue weighted by atomic mass is 35.5. The predicted octanol–water partition coefficient (Wildman–Crippen LogP) is 5.19. The van der Waals surface area contributed by atoms with E-state index in [1.807, 2.05) is 24.3 Å². The van der Waals surface area contributed by atoms with Crippen LogP contribution in [0.2, 0.25) is 10.0 Å². The highest BCUT2D eigenvalue weighted by molar-refractivity contribution is 7.99. The number of aromatic nitrogens is 3. The number of carbonyl (C=O) groups is 1. The van der Waals surface area contributed by atoms with Crippen molar-refractivity contribution in [1.82, 2.24) is 15.2 Å². The van der Waals surface area contributed by atoms with Crippen LogP contribution in [-0.4, -0.2) is 26.7 Å². The number of rotatable bonds is 5. The molecule has 1 N–H and O–H groups in total. The number of thioether (sulfide) groups is 1. The van der Waals surface area contributed by atoms with Crippen LogP contribution in [0, 0.1) is 0 Å². The fourth-order valence-corrected chi connectivity index (χ4v) is 3.96. The van der Waals surface area contributed by atoms with Gasteiger partial charge in [-0.2, -0.15) is 0 Å². The molecule has 2 aromatic heterocycles. The van der Waals surface area contributed by atoms with Gasteiger partial charge in [-0.25, -0.2) is 4.98 Å². The highest BCUT2D eigenvalue weighted by Crippen LogP contribution is 2.35. The van der Waals surface area contributed by atoms with E-state index in [1.54, 1.807) is 24.3 Å². The van der Waals surface area contributed by atoms with Gasteiger partial charge in [0.25, 0.3) is 0 Å². The Hall–Kier alpha value is -1.34. The summed E-state index contributed by atoms with van der Waals surface area (Å²) in [6.45, 7) is 1.54. The fraction of sp³-hybridized carbons (Fsp3) is 0.133. The van der Waals surface area contributed by atoms with E-state index in [1.165, 1.54) is 11.8 Å². The van der Waals surface area contributed by atoms with Gasteiger partial charge in [-0.15, -0.1) is 16.4 Å². The van der Waals surface area contributed by atoms with Crippen molar-refractivity contribution in [3.8, 4) is 21.1 Å². The summed E-state index contributed by atoms with van der Waals surface area (Å²) in [6.07, 6.45) is 0. The van der Waals surface area contributed by atoms with Gasteiger partial charge in [0.15, 0.2) is 5.82 Å². The molecule has 2 heterocycles. The van der Waals surface area contributed by atoms with Crippen molar-refractivity contribution in [1.29, 1.82) is 0 Å². The molecule has 3 aromatic rings. The van der Waals surface area contributed by atoms with Gasteiger partial charge in [-0.3, -0.25) is 9.89 Å². The third-order valence-electron chi connectivity index (χ3n) is 2.86. The van der Waals surface area contributed by atoms with Crippen LogP contribution in [0.4, 0.5) is 0 Å². The summed E-state index contributed by atoms with van der Waals surface area (Å²) in [6, 6.07) is 9.41. The van der Waals surface area contributed by atoms with Gasteiger partial charge in [0.05, 0.1) is 10.6 Å². The first kappa shape index (κ1) is 16.5. The summed E-state index contributed by atoms with van der Waals surface area (Å²) in [4.78, 5) is 17.4. The third kappa shape index (κ3) is 4.14. The molecule has 0 aliphatic rings. The van der Waals surface area contributed by atoms with Gasteiger partial charge in [0.1, 0.15) is 5.78 Å². The molecule has 0 unspecified atom stereocenters. The molecule has 4 nitrogen and oxygen atoms in total. The number of thiophene rings is 1. The molecule has 0 aliphatic heterocycles. The number of benzene rings is 1. The lowest BCUT2D eigenvalue weighted by Crippen LogP contribution is -1.93. The maximum absolute atomic E-state index is 11.0. The van der Waals surface area contributed by atoms with E-state index >= 15 is 0 Å². The molecule has 0 spiro atoms. The summed E-state index contributed by atoms with van der Waals surface area (Å²) >= 11 is 15.0. The van der Waals surface area contributed by atoms with Gasteiger partial charge in [0, 0.05) is 14.9 Å². The molecular weight excluding hydrogens is 373 g/mol. The second-order valence-electron chi connectivity index (χ2n) is 4.78. The minimum atomic E-state index is 0.0950. The van der Waals surface area contributed by atoms with E-state index in [-0.39, 0.29) is 5.78 Å². The van der Waals surface area contributed by atoms with Crippen LogP contribution in [0.1, 0.15) is 6.92 Å². The number of nitrogens with one attached hydrogen (secondary N) is 1. The van der Waals surface area contributed by atoms with Crippen molar-refractivity contribution in [2.75, 3.05) is 5.75 Å². The smallest absolute Gasteiger partial charge is 0.209 e. The molecule has 8 heteroatoms. The minimum absolute atomic E-state index is 0.0950. The van der Waals surface area contributed by atoms with Crippen molar-refractivity contribution in [3.05, 3.63) is 40.4 Å². The molecular formula is C15H11Cl2N3OS2. The van der Waals surface area contributed by atoms with E-state index in [2.05, 4.69) is 15.2 Å². The first-order valence-corrected chi connectivity index (χ1v) is 9.18. The Bertz CT molecular complexity index is 840. The number of hydrogen-bond donors (Lipinski definition) is 1. The molecule has 0 aliphatic carbocycles. The molecule has 0 saturated carbocycles. The van der Waals surface area contributed by atoms with Gasteiger partial charge in [-0.1, -0.05) is 35.0 Å². The van der Waals surface area contributed by atoms with Crippen molar-refractivity contribution in [2.45, 2.75) is 12.1 Å². The summed E-state index contributed by atoms with van der Waals surface area (Å²) < 4.78 is 0. The molecule has 0 atom stereocenters. The quantitative estimate of drug-likeness (QED) is 0.615. The number of carbonyl (C=O) groups excluding carboxylic acids is 1. The minimum Gasteiger partial charge on any atom is -0.299 e. The number of H-pyrrole nitrogens is 1. The Morgan fingerprint density at radius 2 is 1.91 bits per heavy atom. The molecule has 0 saturated heterocycles. The Balaban J connectivity index is 1.83. The topological polar surface area (TPSA) is 58.6 Å². The normalized spacial score (nSPS) is 10.9. The second kappa shape index (κ2) is 7.05. The van der Waals surface area contributed by atoms with E-state index in [0.29, 0.717) is 26.8 Å². The number of Topliss-reactive ketones (excluding diaryl/α,β-unsaturated/α-hetero) is 1. The average molecular weight is 384 g/mol. The summed E-state index contributed by atoms with van der Waals surface area (Å²) in [7, 11) is 0. The number of ketones is 1. The average Bonchev–Trinajstić information content (AvgIpc) is 3.13. The van der Waals surface area contributed by atoms with E-state index in [0.717, 1.165) is 15.3 Å². The van der Waals surface area contributed by atoms with E-state index in [9.17, 15) is 4.79 Å². The van der Waals surface area contributed by atoms with E-state index in [4.69, 9.17) is 23.2 Å². The van der Waals surface area contributed by atoms with Crippen LogP contribution in [0.3, 0.4) is 0 Å².